The van der Waals surface area contributed by atoms with Crippen LogP contribution in [0.15, 0.2) is 29.8 Å². The van der Waals surface area contributed by atoms with Gasteiger partial charge in [0.15, 0.2) is 5.78 Å². The van der Waals surface area contributed by atoms with Crippen molar-refractivity contribution in [2.24, 2.45) is 0 Å². The normalized spacial score (nSPS) is 19.1. The predicted molar refractivity (Wildman–Crippen MR) is 67.3 cm³/mol. The zero-order chi connectivity index (χ0) is 11.4. The summed E-state index contributed by atoms with van der Waals surface area (Å²) in [7, 11) is 0. The molecule has 1 fully saturated rings. The van der Waals surface area contributed by atoms with E-state index in [1.165, 1.54) is 5.56 Å². The molecule has 0 atom stereocenters. The molecule has 1 aromatic carbocycles. The molecule has 0 aliphatic heterocycles. The van der Waals surface area contributed by atoms with Crippen LogP contribution in [-0.2, 0) is 11.2 Å². The van der Waals surface area contributed by atoms with Gasteiger partial charge in [-0.05, 0) is 48.5 Å². The molecule has 0 spiro atoms. The Kier molecular flexibility index (Phi) is 3.55. The first-order valence-electron chi connectivity index (χ1n) is 6.12. The summed E-state index contributed by atoms with van der Waals surface area (Å²) in [5.41, 5.74) is 3.51. The van der Waals surface area contributed by atoms with Crippen LogP contribution < -0.4 is 0 Å². The highest BCUT2D eigenvalue weighted by molar-refractivity contribution is 6.00. The summed E-state index contributed by atoms with van der Waals surface area (Å²) < 4.78 is 0. The third kappa shape index (κ3) is 2.60. The molecule has 0 aromatic heterocycles. The van der Waals surface area contributed by atoms with E-state index in [0.717, 1.165) is 43.2 Å². The smallest absolute Gasteiger partial charge is 0.158 e. The molecule has 1 heteroatoms. The lowest BCUT2D eigenvalue weighted by Gasteiger charge is -2.12. The maximum atomic E-state index is 11.7. The van der Waals surface area contributed by atoms with Gasteiger partial charge in [0.05, 0.1) is 0 Å². The molecule has 2 rings (SSSR count). The Morgan fingerprint density at radius 1 is 1.12 bits per heavy atom. The number of rotatable bonds is 2. The quantitative estimate of drug-likeness (QED) is 0.685. The molecule has 0 saturated heterocycles. The first kappa shape index (κ1) is 11.1. The molecule has 84 valence electrons. The molecule has 1 nitrogen and oxygen atoms in total. The maximum absolute atomic E-state index is 11.7. The van der Waals surface area contributed by atoms with Crippen molar-refractivity contribution in [1.82, 2.24) is 0 Å². The van der Waals surface area contributed by atoms with Gasteiger partial charge in [0.25, 0.3) is 0 Å². The van der Waals surface area contributed by atoms with Crippen LogP contribution in [0.1, 0.15) is 43.7 Å². The van der Waals surface area contributed by atoms with Crippen molar-refractivity contribution in [3.8, 4) is 0 Å². The minimum atomic E-state index is 0.339. The topological polar surface area (TPSA) is 17.1 Å². The Morgan fingerprint density at radius 3 is 2.44 bits per heavy atom. The van der Waals surface area contributed by atoms with E-state index < -0.39 is 0 Å². The Hall–Kier alpha value is -1.37. The summed E-state index contributed by atoms with van der Waals surface area (Å²) in [6.07, 6.45) is 7.03. The number of Topliss-reactive ketones (excluding diaryl/α,β-unsaturated/α-hetero) is 1. The van der Waals surface area contributed by atoms with Crippen molar-refractivity contribution in [3.05, 3.63) is 41.0 Å². The second-order valence-corrected chi connectivity index (χ2v) is 4.39. The number of carbonyl (C=O) groups excluding carboxylic acids is 1. The van der Waals surface area contributed by atoms with Gasteiger partial charge < -0.3 is 0 Å². The van der Waals surface area contributed by atoms with Gasteiger partial charge in [-0.1, -0.05) is 31.2 Å². The SMILES string of the molecule is CCc1ccc(/C=C2/CCCCC2=O)cc1. The average molecular weight is 214 g/mol. The van der Waals surface area contributed by atoms with E-state index >= 15 is 0 Å². The minimum Gasteiger partial charge on any atom is -0.295 e. The van der Waals surface area contributed by atoms with Gasteiger partial charge in [-0.3, -0.25) is 4.79 Å². The highest BCUT2D eigenvalue weighted by atomic mass is 16.1. The first-order valence-corrected chi connectivity index (χ1v) is 6.12. The molecule has 1 aromatic rings. The van der Waals surface area contributed by atoms with Crippen molar-refractivity contribution in [3.63, 3.8) is 0 Å². The average Bonchev–Trinajstić information content (AvgIpc) is 2.33. The molecule has 0 N–H and O–H groups in total. The first-order chi connectivity index (χ1) is 7.79. The largest absolute Gasteiger partial charge is 0.295 e. The number of hydrogen-bond donors (Lipinski definition) is 0. The fourth-order valence-corrected chi connectivity index (χ4v) is 2.10. The van der Waals surface area contributed by atoms with E-state index in [-0.39, 0.29) is 0 Å². The maximum Gasteiger partial charge on any atom is 0.158 e. The standard InChI is InChI=1S/C15H18O/c1-2-12-7-9-13(10-8-12)11-14-5-3-4-6-15(14)16/h7-11H,2-6H2,1H3/b14-11-. The summed E-state index contributed by atoms with van der Waals surface area (Å²) in [4.78, 5) is 11.7. The fourth-order valence-electron chi connectivity index (χ4n) is 2.10. The van der Waals surface area contributed by atoms with Gasteiger partial charge in [0.1, 0.15) is 0 Å². The van der Waals surface area contributed by atoms with Crippen LogP contribution in [0.4, 0.5) is 0 Å². The fraction of sp³-hybridized carbons (Fsp3) is 0.400. The number of benzene rings is 1. The van der Waals surface area contributed by atoms with Crippen molar-refractivity contribution in [1.29, 1.82) is 0 Å². The molecule has 16 heavy (non-hydrogen) atoms. The zero-order valence-corrected chi connectivity index (χ0v) is 9.83. The highest BCUT2D eigenvalue weighted by Crippen LogP contribution is 2.22. The second-order valence-electron chi connectivity index (χ2n) is 4.39. The van der Waals surface area contributed by atoms with Crippen molar-refractivity contribution in [2.45, 2.75) is 39.0 Å². The number of allylic oxidation sites excluding steroid dienone is 1. The molecule has 1 aliphatic rings. The number of aryl methyl sites for hydroxylation is 1. The Balaban J connectivity index is 2.17. The van der Waals surface area contributed by atoms with Crippen molar-refractivity contribution >= 4 is 11.9 Å². The third-order valence-corrected chi connectivity index (χ3v) is 3.19. The number of carbonyl (C=O) groups is 1. The predicted octanol–water partition coefficient (Wildman–Crippen LogP) is 3.78. The monoisotopic (exact) mass is 214 g/mol. The molecular weight excluding hydrogens is 196 g/mol. The van der Waals surface area contributed by atoms with Crippen LogP contribution in [0.25, 0.3) is 6.08 Å². The minimum absolute atomic E-state index is 0.339. The van der Waals surface area contributed by atoms with Gasteiger partial charge in [-0.15, -0.1) is 0 Å². The van der Waals surface area contributed by atoms with E-state index in [4.69, 9.17) is 0 Å². The van der Waals surface area contributed by atoms with Crippen molar-refractivity contribution in [2.75, 3.05) is 0 Å². The summed E-state index contributed by atoms with van der Waals surface area (Å²) >= 11 is 0. The molecule has 0 unspecified atom stereocenters. The molecule has 0 amide bonds. The lowest BCUT2D eigenvalue weighted by Crippen LogP contribution is -2.07. The van der Waals surface area contributed by atoms with Crippen LogP contribution in [0.3, 0.4) is 0 Å². The number of hydrogen-bond acceptors (Lipinski definition) is 1. The molecule has 0 radical (unpaired) electrons. The highest BCUT2D eigenvalue weighted by Gasteiger charge is 2.14. The van der Waals surface area contributed by atoms with E-state index in [1.807, 2.05) is 0 Å². The van der Waals surface area contributed by atoms with Gasteiger partial charge in [0.2, 0.25) is 0 Å². The Morgan fingerprint density at radius 2 is 1.81 bits per heavy atom. The van der Waals surface area contributed by atoms with Gasteiger partial charge >= 0.3 is 0 Å². The second kappa shape index (κ2) is 5.11. The molecule has 1 aliphatic carbocycles. The van der Waals surface area contributed by atoms with E-state index in [9.17, 15) is 4.79 Å². The van der Waals surface area contributed by atoms with Crippen LogP contribution in [0.5, 0.6) is 0 Å². The lowest BCUT2D eigenvalue weighted by atomic mass is 9.92. The molecule has 1 saturated carbocycles. The summed E-state index contributed by atoms with van der Waals surface area (Å²) in [6.45, 7) is 2.15. The summed E-state index contributed by atoms with van der Waals surface area (Å²) in [5.74, 6) is 0.339. The zero-order valence-electron chi connectivity index (χ0n) is 9.83. The third-order valence-electron chi connectivity index (χ3n) is 3.19. The van der Waals surface area contributed by atoms with E-state index in [0.29, 0.717) is 5.78 Å². The summed E-state index contributed by atoms with van der Waals surface area (Å²) in [5, 5.41) is 0. The molecular formula is C15H18O. The van der Waals surface area contributed by atoms with Crippen LogP contribution in [0.2, 0.25) is 0 Å². The Labute approximate surface area is 97.2 Å². The van der Waals surface area contributed by atoms with Gasteiger partial charge in [-0.2, -0.15) is 0 Å². The van der Waals surface area contributed by atoms with Gasteiger partial charge in [0, 0.05) is 6.42 Å². The van der Waals surface area contributed by atoms with Crippen molar-refractivity contribution < 1.29 is 4.79 Å². The van der Waals surface area contributed by atoms with Gasteiger partial charge in [-0.25, -0.2) is 0 Å². The number of ketones is 1. The molecule has 0 heterocycles. The Bertz CT molecular complexity index is 398. The molecule has 0 bridgehead atoms. The van der Waals surface area contributed by atoms with Crippen LogP contribution >= 0.6 is 0 Å². The van der Waals surface area contributed by atoms with E-state index in [1.54, 1.807) is 0 Å². The summed E-state index contributed by atoms with van der Waals surface area (Å²) in [6, 6.07) is 8.49. The van der Waals surface area contributed by atoms with E-state index in [2.05, 4.69) is 37.3 Å². The van der Waals surface area contributed by atoms with Crippen LogP contribution in [0, 0.1) is 0 Å². The van der Waals surface area contributed by atoms with Crippen LogP contribution in [-0.4, -0.2) is 5.78 Å². The lowest BCUT2D eigenvalue weighted by molar-refractivity contribution is -0.116.